The molecule has 7 heteroatoms. The first-order chi connectivity index (χ1) is 21.9. The van der Waals surface area contributed by atoms with Gasteiger partial charge < -0.3 is 0 Å². The summed E-state index contributed by atoms with van der Waals surface area (Å²) in [4.78, 5) is 0. The van der Waals surface area contributed by atoms with Crippen molar-refractivity contribution >= 4 is 89.0 Å². The van der Waals surface area contributed by atoms with Gasteiger partial charge in [0, 0.05) is 50.9 Å². The maximum absolute atomic E-state index is 6.65. The molecule has 0 aliphatic carbocycles. The third-order valence-corrected chi connectivity index (χ3v) is 9.52. The zero-order valence-electron chi connectivity index (χ0n) is 26.6. The van der Waals surface area contributed by atoms with Crippen molar-refractivity contribution in [3.63, 3.8) is 0 Å². The Morgan fingerprint density at radius 2 is 1.08 bits per heavy atom. The molecule has 242 valence electrons. The van der Waals surface area contributed by atoms with Crippen LogP contribution >= 0.6 is 0 Å². The van der Waals surface area contributed by atoms with Crippen molar-refractivity contribution in [1.82, 2.24) is 0 Å². The minimum atomic E-state index is 0. The van der Waals surface area contributed by atoms with E-state index in [1.807, 2.05) is 0 Å². The van der Waals surface area contributed by atoms with Crippen LogP contribution in [0.3, 0.4) is 0 Å². The average Bonchev–Trinajstić information content (AvgIpc) is 3.56. The van der Waals surface area contributed by atoms with Crippen molar-refractivity contribution in [3.05, 3.63) is 124 Å². The van der Waals surface area contributed by atoms with Crippen LogP contribution in [-0.2, 0) is 25.7 Å². The predicted molar refractivity (Wildman–Crippen MR) is 224 cm³/mol. The fourth-order valence-electron chi connectivity index (χ4n) is 6.79. The molecule has 8 radical (unpaired) electrons. The molecule has 0 amide bonds. The molecule has 0 spiro atoms. The number of benzene rings is 4. The number of hydrogen-bond acceptors (Lipinski definition) is 0. The molecular formula is C42H51B5N2+2. The van der Waals surface area contributed by atoms with Crippen LogP contribution in [-0.4, -0.2) is 72.3 Å². The maximum atomic E-state index is 6.65. The fraction of sp³-hybridized carbons (Fsp3) is 0.286. The Kier molecular flexibility index (Phi) is 15.3. The number of allylic oxidation sites excluding steroid dienone is 2. The van der Waals surface area contributed by atoms with E-state index >= 15 is 0 Å². The van der Waals surface area contributed by atoms with Gasteiger partial charge in [-0.15, -0.1) is 5.46 Å². The van der Waals surface area contributed by atoms with E-state index in [9.17, 15) is 0 Å². The van der Waals surface area contributed by atoms with Gasteiger partial charge in [0.1, 0.15) is 21.9 Å². The van der Waals surface area contributed by atoms with E-state index in [-0.39, 0.29) is 29.7 Å². The maximum Gasteiger partial charge on any atom is 0.208 e. The summed E-state index contributed by atoms with van der Waals surface area (Å²) in [5.41, 5.74) is 16.4. The molecule has 0 aromatic heterocycles. The SMILES string of the molecule is C.C.C.C.[B][B]c1c(CCCc2ccc(/C=C/C3=[N+](C)c4ccccc4C3)c([B][B])c2C)ccc(/C=C/C2=[N+](C)c3ccccc3C2)c1[B]. The van der Waals surface area contributed by atoms with Crippen LogP contribution in [0.5, 0.6) is 0 Å². The van der Waals surface area contributed by atoms with Crippen molar-refractivity contribution in [2.45, 2.75) is 68.7 Å². The number of rotatable bonds is 10. The topological polar surface area (TPSA) is 6.02 Å². The summed E-state index contributed by atoms with van der Waals surface area (Å²) >= 11 is 0. The third-order valence-electron chi connectivity index (χ3n) is 9.52. The minimum absolute atomic E-state index is 0. The van der Waals surface area contributed by atoms with Crippen molar-refractivity contribution < 1.29 is 9.15 Å². The number of aryl methyl sites for hydroxylation is 2. The number of para-hydroxylation sites is 2. The number of hydrogen-bond donors (Lipinski definition) is 0. The Morgan fingerprint density at radius 1 is 0.612 bits per heavy atom. The van der Waals surface area contributed by atoms with Crippen molar-refractivity contribution in [2.75, 3.05) is 14.1 Å². The first kappa shape index (κ1) is 41.2. The third kappa shape index (κ3) is 8.43. The van der Waals surface area contributed by atoms with Gasteiger partial charge in [0.05, 0.1) is 27.2 Å². The van der Waals surface area contributed by atoms with E-state index in [0.717, 1.165) is 59.6 Å². The summed E-state index contributed by atoms with van der Waals surface area (Å²) in [7, 11) is 26.6. The molecule has 0 unspecified atom stereocenters. The Balaban J connectivity index is 0.00000208. The second-order valence-electron chi connectivity index (χ2n) is 12.1. The van der Waals surface area contributed by atoms with Crippen LogP contribution in [0, 0.1) is 6.92 Å². The molecule has 2 heterocycles. The van der Waals surface area contributed by atoms with Gasteiger partial charge in [0.25, 0.3) is 0 Å². The highest BCUT2D eigenvalue weighted by atomic mass is 15.0. The molecule has 0 atom stereocenters. The lowest BCUT2D eigenvalue weighted by atomic mass is 9.47. The second-order valence-corrected chi connectivity index (χ2v) is 12.1. The lowest BCUT2D eigenvalue weighted by Gasteiger charge is -2.16. The molecule has 0 saturated heterocycles. The van der Waals surface area contributed by atoms with Gasteiger partial charge in [-0.3, -0.25) is 0 Å². The van der Waals surface area contributed by atoms with Crippen LogP contribution in [0.25, 0.3) is 12.2 Å². The predicted octanol–water partition coefficient (Wildman–Crippen LogP) is 6.30. The van der Waals surface area contributed by atoms with Gasteiger partial charge in [0.15, 0.2) is 11.4 Å². The fourth-order valence-corrected chi connectivity index (χ4v) is 6.79. The van der Waals surface area contributed by atoms with E-state index in [1.54, 1.807) is 14.3 Å². The summed E-state index contributed by atoms with van der Waals surface area (Å²) < 4.78 is 4.52. The summed E-state index contributed by atoms with van der Waals surface area (Å²) in [5.74, 6) is 0. The van der Waals surface area contributed by atoms with Crippen LogP contribution < -0.4 is 16.4 Å². The van der Waals surface area contributed by atoms with E-state index in [2.05, 4.69) is 127 Å². The van der Waals surface area contributed by atoms with E-state index in [0.29, 0.717) is 0 Å². The Labute approximate surface area is 303 Å². The zero-order valence-corrected chi connectivity index (χ0v) is 26.6. The van der Waals surface area contributed by atoms with E-state index in [4.69, 9.17) is 23.3 Å². The lowest BCUT2D eigenvalue weighted by molar-refractivity contribution is -0.400. The van der Waals surface area contributed by atoms with Crippen molar-refractivity contribution in [1.29, 1.82) is 0 Å². The van der Waals surface area contributed by atoms with Gasteiger partial charge in [-0.05, 0) is 55.0 Å². The molecular weight excluding hydrogens is 587 g/mol. The second kappa shape index (κ2) is 18.1. The Hall–Kier alpha value is -3.98. The quantitative estimate of drug-likeness (QED) is 0.142. The molecule has 6 rings (SSSR count). The van der Waals surface area contributed by atoms with Crippen molar-refractivity contribution in [2.24, 2.45) is 0 Å². The molecule has 0 fully saturated rings. The first-order valence-electron chi connectivity index (χ1n) is 15.7. The Bertz CT molecular complexity index is 1900. The Morgan fingerprint density at radius 3 is 1.61 bits per heavy atom. The lowest BCUT2D eigenvalue weighted by Crippen LogP contribution is -2.37. The molecule has 0 N–H and O–H groups in total. The van der Waals surface area contributed by atoms with Gasteiger partial charge in [-0.2, -0.15) is 9.15 Å². The highest BCUT2D eigenvalue weighted by molar-refractivity contribution is 6.99. The molecule has 2 aliphatic heterocycles. The van der Waals surface area contributed by atoms with Crippen LogP contribution in [0.2, 0.25) is 0 Å². The molecule has 2 aliphatic rings. The number of fused-ring (bicyclic) bond motifs is 2. The molecule has 0 bridgehead atoms. The summed E-state index contributed by atoms with van der Waals surface area (Å²) in [6.45, 7) is 2.17. The molecule has 49 heavy (non-hydrogen) atoms. The summed E-state index contributed by atoms with van der Waals surface area (Å²) in [6, 6.07) is 25.8. The zero-order chi connectivity index (χ0) is 31.5. The highest BCUT2D eigenvalue weighted by Gasteiger charge is 2.25. The molecule has 4 aromatic rings. The summed E-state index contributed by atoms with van der Waals surface area (Å²) in [6.07, 6.45) is 13.4. The number of nitrogens with zero attached hydrogens (tertiary/aromatic N) is 2. The van der Waals surface area contributed by atoms with Crippen molar-refractivity contribution in [3.8, 4) is 0 Å². The molecule has 4 aromatic carbocycles. The smallest absolute Gasteiger partial charge is 0.198 e. The minimum Gasteiger partial charge on any atom is -0.198 e. The van der Waals surface area contributed by atoms with Gasteiger partial charge in [0.2, 0.25) is 11.4 Å². The monoisotopic (exact) mass is 638 g/mol. The molecule has 2 nitrogen and oxygen atoms in total. The van der Waals surface area contributed by atoms with E-state index < -0.39 is 0 Å². The largest absolute Gasteiger partial charge is 0.208 e. The van der Waals surface area contributed by atoms with Crippen LogP contribution in [0.1, 0.15) is 75.1 Å². The molecule has 0 saturated carbocycles. The standard InChI is InChI=1S/C38H35B5N2.4CH4/c1-25-26(15-17-29(37(25)42-40)20-22-33-24-31-10-5-7-14-35(31)45(33)3)11-8-12-28-18-16-27(36(39)38(28)43-41)19-21-32-23-30-9-4-6-13-34(30)44(32)2;;;;/h4-7,9-10,13-22H,8,11-12,23-24H2,1-3H3;4*1H4/q+2;;;;/b21-19+,22-20+;;;;. The van der Waals surface area contributed by atoms with Gasteiger partial charge in [-0.1, -0.05) is 112 Å². The van der Waals surface area contributed by atoms with E-state index in [1.165, 1.54) is 50.6 Å². The summed E-state index contributed by atoms with van der Waals surface area (Å²) in [5, 5.41) is 0. The van der Waals surface area contributed by atoms with Gasteiger partial charge >= 0.3 is 0 Å². The highest BCUT2D eigenvalue weighted by Crippen LogP contribution is 2.26. The average molecular weight is 638 g/mol. The van der Waals surface area contributed by atoms with Crippen LogP contribution in [0.15, 0.2) is 84.9 Å². The van der Waals surface area contributed by atoms with Gasteiger partial charge in [-0.25, -0.2) is 0 Å². The first-order valence-corrected chi connectivity index (χ1v) is 15.7. The normalized spacial score (nSPS) is 13.0. The van der Waals surface area contributed by atoms with Crippen LogP contribution in [0.4, 0.5) is 11.4 Å².